The molecular weight excluding hydrogens is 390 g/mol. The van der Waals surface area contributed by atoms with E-state index in [1.54, 1.807) is 24.3 Å². The van der Waals surface area contributed by atoms with Gasteiger partial charge in [-0.2, -0.15) is 4.98 Å². The molecule has 3 aromatic rings. The first-order chi connectivity index (χ1) is 14.4. The van der Waals surface area contributed by atoms with Crippen molar-refractivity contribution in [1.29, 1.82) is 0 Å². The minimum absolute atomic E-state index is 0.0567. The molecule has 0 saturated heterocycles. The molecule has 8 heteroatoms. The molecule has 0 atom stereocenters. The van der Waals surface area contributed by atoms with Crippen LogP contribution in [0.3, 0.4) is 0 Å². The van der Waals surface area contributed by atoms with Crippen LogP contribution in [0.4, 0.5) is 31.7 Å². The number of nitrogen functional groups attached to an aromatic ring is 1. The molecule has 6 nitrogen and oxygen atoms in total. The van der Waals surface area contributed by atoms with Crippen LogP contribution < -0.4 is 15.8 Å². The van der Waals surface area contributed by atoms with Gasteiger partial charge in [-0.15, -0.1) is 0 Å². The van der Waals surface area contributed by atoms with Crippen LogP contribution in [0.15, 0.2) is 48.5 Å². The number of ether oxygens (including phenoxy) is 1. The number of aryl methyl sites for hydroxylation is 1. The third-order valence-corrected chi connectivity index (χ3v) is 4.19. The lowest BCUT2D eigenvalue weighted by atomic mass is 10.1. The van der Waals surface area contributed by atoms with Gasteiger partial charge in [0.2, 0.25) is 11.6 Å². The van der Waals surface area contributed by atoms with Gasteiger partial charge in [-0.05, 0) is 49.2 Å². The predicted molar refractivity (Wildman–Crippen MR) is 110 cm³/mol. The predicted octanol–water partition coefficient (Wildman–Crippen LogP) is 5.55. The zero-order valence-electron chi connectivity index (χ0n) is 16.1. The highest BCUT2D eigenvalue weighted by atomic mass is 19.1. The Hall–Kier alpha value is -3.99. The number of pyridine rings is 1. The second kappa shape index (κ2) is 9.01. The molecule has 0 spiro atoms. The topological polar surface area (TPSA) is 81.6 Å². The maximum Gasteiger partial charge on any atom is 0.221 e. The van der Waals surface area contributed by atoms with Gasteiger partial charge in [0.25, 0.3) is 0 Å². The number of nitrogens with zero attached hydrogens (tertiary/aromatic N) is 2. The van der Waals surface area contributed by atoms with Gasteiger partial charge >= 0.3 is 0 Å². The van der Waals surface area contributed by atoms with E-state index in [9.17, 15) is 13.6 Å². The fourth-order valence-corrected chi connectivity index (χ4v) is 2.64. The summed E-state index contributed by atoms with van der Waals surface area (Å²) >= 11 is 0. The number of hydrogen-bond acceptors (Lipinski definition) is 5. The van der Waals surface area contributed by atoms with Gasteiger partial charge in [0.15, 0.2) is 23.1 Å². The molecule has 30 heavy (non-hydrogen) atoms. The van der Waals surface area contributed by atoms with Gasteiger partial charge in [0.1, 0.15) is 5.78 Å². The second-order valence-electron chi connectivity index (χ2n) is 6.56. The molecule has 2 aromatic carbocycles. The van der Waals surface area contributed by atoms with E-state index in [-0.39, 0.29) is 30.3 Å². The van der Waals surface area contributed by atoms with Crippen molar-refractivity contribution in [3.8, 4) is 11.6 Å². The molecule has 3 N–H and O–H groups in total. The van der Waals surface area contributed by atoms with E-state index >= 15 is 0 Å². The molecule has 3 rings (SSSR count). The molecule has 0 bridgehead atoms. The van der Waals surface area contributed by atoms with E-state index in [0.29, 0.717) is 22.6 Å². The number of carbonyl (C=O) groups is 1. The number of halogens is 2. The highest BCUT2D eigenvalue weighted by Gasteiger charge is 2.16. The van der Waals surface area contributed by atoms with Crippen molar-refractivity contribution in [2.24, 2.45) is 0 Å². The van der Waals surface area contributed by atoms with E-state index in [4.69, 9.17) is 17.0 Å². The van der Waals surface area contributed by atoms with Crippen LogP contribution in [0, 0.1) is 18.2 Å². The highest BCUT2D eigenvalue weighted by molar-refractivity contribution is 5.75. The Balaban J connectivity index is 1.81. The summed E-state index contributed by atoms with van der Waals surface area (Å²) < 4.78 is 34.1. The van der Waals surface area contributed by atoms with Crippen molar-refractivity contribution in [3.05, 3.63) is 77.1 Å². The van der Waals surface area contributed by atoms with Crippen LogP contribution in [0.5, 0.6) is 11.6 Å². The number of nitrogens with two attached hydrogens (primary N) is 1. The Bertz CT molecular complexity index is 1100. The van der Waals surface area contributed by atoms with Crippen LogP contribution in [-0.4, -0.2) is 10.8 Å². The second-order valence-corrected chi connectivity index (χ2v) is 6.56. The smallest absolute Gasteiger partial charge is 0.221 e. The average Bonchev–Trinajstić information content (AvgIpc) is 2.72. The van der Waals surface area contributed by atoms with E-state index < -0.39 is 17.4 Å². The van der Waals surface area contributed by atoms with Crippen molar-refractivity contribution < 1.29 is 18.3 Å². The molecule has 0 unspecified atom stereocenters. The molecule has 152 valence electrons. The van der Waals surface area contributed by atoms with Gasteiger partial charge in [0, 0.05) is 18.2 Å². The minimum Gasteiger partial charge on any atom is -0.433 e. The van der Waals surface area contributed by atoms with Crippen molar-refractivity contribution in [1.82, 2.24) is 4.98 Å². The SMILES string of the molecule is [C-]#[N+]c1ccc(Nc2nc(Oc3c(F)cc(CCC(C)=O)cc3F)ccc2N)cc1. The number of hydrogen-bond donors (Lipinski definition) is 2. The number of aromatic nitrogens is 1. The Morgan fingerprint density at radius 3 is 2.43 bits per heavy atom. The molecule has 0 aliphatic heterocycles. The largest absolute Gasteiger partial charge is 0.433 e. The van der Waals surface area contributed by atoms with Crippen molar-refractivity contribution in [3.63, 3.8) is 0 Å². The zero-order valence-corrected chi connectivity index (χ0v) is 16.1. The van der Waals surface area contributed by atoms with Gasteiger partial charge in [-0.1, -0.05) is 12.1 Å². The summed E-state index contributed by atoms with van der Waals surface area (Å²) in [6.45, 7) is 8.39. The molecule has 0 aliphatic rings. The minimum atomic E-state index is -0.892. The van der Waals surface area contributed by atoms with E-state index in [0.717, 1.165) is 12.1 Å². The number of nitrogens with one attached hydrogen (secondary N) is 1. The van der Waals surface area contributed by atoms with Crippen LogP contribution in [0.25, 0.3) is 4.85 Å². The van der Waals surface area contributed by atoms with Gasteiger partial charge < -0.3 is 20.6 Å². The third kappa shape index (κ3) is 5.08. The summed E-state index contributed by atoms with van der Waals surface area (Å²) in [5.74, 6) is -2.26. The first-order valence-corrected chi connectivity index (χ1v) is 9.02. The first kappa shape index (κ1) is 20.7. The number of Topliss-reactive ketones (excluding diaryl/α,β-unsaturated/α-hetero) is 1. The molecular formula is C22H18F2N4O2. The molecule has 0 radical (unpaired) electrons. The van der Waals surface area contributed by atoms with Crippen LogP contribution >= 0.6 is 0 Å². The number of carbonyl (C=O) groups excluding carboxylic acids is 1. The van der Waals surface area contributed by atoms with Crippen molar-refractivity contribution >= 4 is 28.7 Å². The van der Waals surface area contributed by atoms with Gasteiger partial charge in [-0.25, -0.2) is 13.6 Å². The lowest BCUT2D eigenvalue weighted by Gasteiger charge is -2.12. The highest BCUT2D eigenvalue weighted by Crippen LogP contribution is 2.31. The summed E-state index contributed by atoms with van der Waals surface area (Å²) in [5.41, 5.74) is 7.70. The van der Waals surface area contributed by atoms with E-state index in [2.05, 4.69) is 15.1 Å². The summed E-state index contributed by atoms with van der Waals surface area (Å²) in [6.07, 6.45) is 0.439. The average molecular weight is 408 g/mol. The number of ketones is 1. The lowest BCUT2D eigenvalue weighted by molar-refractivity contribution is -0.116. The maximum atomic E-state index is 14.4. The summed E-state index contributed by atoms with van der Waals surface area (Å²) in [4.78, 5) is 18.6. The molecule has 1 aromatic heterocycles. The van der Waals surface area contributed by atoms with Gasteiger partial charge in [-0.3, -0.25) is 0 Å². The van der Waals surface area contributed by atoms with Crippen LogP contribution in [0.2, 0.25) is 0 Å². The standard InChI is InChI=1S/C22H18F2N4O2/c1-13(29)3-4-14-11-17(23)21(18(24)12-14)30-20-10-9-19(25)22(28-20)27-16-7-5-15(26-2)6-8-16/h5-12H,3-4,25H2,1H3,(H,27,28). The van der Waals surface area contributed by atoms with E-state index in [1.807, 2.05) is 0 Å². The number of anilines is 3. The zero-order chi connectivity index (χ0) is 21.7. The fourth-order valence-electron chi connectivity index (χ4n) is 2.64. The Kier molecular flexibility index (Phi) is 6.23. The summed E-state index contributed by atoms with van der Waals surface area (Å²) in [7, 11) is 0. The van der Waals surface area contributed by atoms with E-state index in [1.165, 1.54) is 19.1 Å². The maximum absolute atomic E-state index is 14.4. The van der Waals surface area contributed by atoms with Crippen LogP contribution in [-0.2, 0) is 11.2 Å². The third-order valence-electron chi connectivity index (χ3n) is 4.19. The monoisotopic (exact) mass is 408 g/mol. The molecule has 0 fully saturated rings. The Morgan fingerprint density at radius 2 is 1.83 bits per heavy atom. The Morgan fingerprint density at radius 1 is 1.17 bits per heavy atom. The Labute approximate surface area is 172 Å². The fraction of sp³-hybridized carbons (Fsp3) is 0.136. The summed E-state index contributed by atoms with van der Waals surface area (Å²) in [6, 6.07) is 11.8. The normalized spacial score (nSPS) is 10.3. The summed E-state index contributed by atoms with van der Waals surface area (Å²) in [5, 5.41) is 2.98. The number of rotatable bonds is 7. The number of benzene rings is 2. The lowest BCUT2D eigenvalue weighted by Crippen LogP contribution is -2.02. The molecule has 0 amide bonds. The first-order valence-electron chi connectivity index (χ1n) is 9.02. The van der Waals surface area contributed by atoms with Crippen molar-refractivity contribution in [2.45, 2.75) is 19.8 Å². The van der Waals surface area contributed by atoms with Crippen LogP contribution in [0.1, 0.15) is 18.9 Å². The van der Waals surface area contributed by atoms with Gasteiger partial charge in [0.05, 0.1) is 12.3 Å². The quantitative estimate of drug-likeness (QED) is 0.501. The molecule has 0 aliphatic carbocycles. The molecule has 0 saturated carbocycles. The molecule has 1 heterocycles. The van der Waals surface area contributed by atoms with Crippen molar-refractivity contribution in [2.75, 3.05) is 11.1 Å².